The van der Waals surface area contributed by atoms with Gasteiger partial charge in [0, 0.05) is 6.42 Å². The SMILES string of the molecule is O=C(O)CCCCCC(C(=O)O)S(=O)(=O)O. The van der Waals surface area contributed by atoms with Gasteiger partial charge in [-0.2, -0.15) is 8.42 Å². The largest absolute Gasteiger partial charge is 0.481 e. The molecule has 8 heteroatoms. The third-order valence-corrected chi connectivity index (χ3v) is 3.15. The zero-order valence-electron chi connectivity index (χ0n) is 8.50. The molecule has 0 amide bonds. The number of rotatable bonds is 8. The predicted molar refractivity (Wildman–Crippen MR) is 53.7 cm³/mol. The first-order valence-electron chi connectivity index (χ1n) is 4.66. The Bertz CT molecular complexity index is 345. The molecule has 0 aliphatic carbocycles. The fraction of sp³-hybridized carbons (Fsp3) is 0.750. The summed E-state index contributed by atoms with van der Waals surface area (Å²) in [5.41, 5.74) is 0. The molecular weight excluding hydrogens is 240 g/mol. The molecule has 0 bridgehead atoms. The van der Waals surface area contributed by atoms with Crippen LogP contribution in [0.3, 0.4) is 0 Å². The first kappa shape index (κ1) is 14.8. The minimum Gasteiger partial charge on any atom is -0.481 e. The Morgan fingerprint density at radius 1 is 1.06 bits per heavy atom. The Kier molecular flexibility index (Phi) is 5.97. The second-order valence-corrected chi connectivity index (χ2v) is 4.93. The summed E-state index contributed by atoms with van der Waals surface area (Å²) in [5.74, 6) is -2.55. The highest BCUT2D eigenvalue weighted by Gasteiger charge is 2.29. The average Bonchev–Trinajstić information content (AvgIpc) is 2.07. The molecule has 0 saturated heterocycles. The van der Waals surface area contributed by atoms with Gasteiger partial charge in [-0.25, -0.2) is 0 Å². The molecule has 0 aromatic heterocycles. The molecule has 0 rings (SSSR count). The Morgan fingerprint density at radius 3 is 2.00 bits per heavy atom. The fourth-order valence-corrected chi connectivity index (χ4v) is 1.90. The maximum absolute atomic E-state index is 10.6. The van der Waals surface area contributed by atoms with Crippen LogP contribution >= 0.6 is 0 Å². The summed E-state index contributed by atoms with van der Waals surface area (Å²) >= 11 is 0. The molecule has 0 aromatic rings. The number of hydrogen-bond acceptors (Lipinski definition) is 4. The molecule has 0 heterocycles. The van der Waals surface area contributed by atoms with Crippen molar-refractivity contribution in [2.45, 2.75) is 37.4 Å². The number of unbranched alkanes of at least 4 members (excludes halogenated alkanes) is 2. The Balaban J connectivity index is 3.97. The van der Waals surface area contributed by atoms with Crippen molar-refractivity contribution in [3.05, 3.63) is 0 Å². The molecule has 0 aliphatic heterocycles. The van der Waals surface area contributed by atoms with Crippen molar-refractivity contribution in [3.63, 3.8) is 0 Å². The van der Waals surface area contributed by atoms with E-state index in [0.29, 0.717) is 12.8 Å². The van der Waals surface area contributed by atoms with Gasteiger partial charge in [-0.15, -0.1) is 0 Å². The van der Waals surface area contributed by atoms with Gasteiger partial charge in [0.25, 0.3) is 10.1 Å². The summed E-state index contributed by atoms with van der Waals surface area (Å²) in [6, 6.07) is 0. The lowest BCUT2D eigenvalue weighted by Crippen LogP contribution is -2.29. The van der Waals surface area contributed by atoms with Gasteiger partial charge in [-0.1, -0.05) is 12.8 Å². The van der Waals surface area contributed by atoms with Gasteiger partial charge in [0.1, 0.15) is 0 Å². The highest BCUT2D eigenvalue weighted by atomic mass is 32.2. The number of carboxylic acid groups (broad SMARTS) is 2. The summed E-state index contributed by atoms with van der Waals surface area (Å²) in [7, 11) is -4.58. The lowest BCUT2D eigenvalue weighted by atomic mass is 10.1. The molecule has 0 saturated carbocycles. The van der Waals surface area contributed by atoms with Crippen LogP contribution in [0.25, 0.3) is 0 Å². The summed E-state index contributed by atoms with van der Waals surface area (Å²) in [6.45, 7) is 0. The molecule has 0 aliphatic rings. The van der Waals surface area contributed by atoms with Gasteiger partial charge >= 0.3 is 11.9 Å². The van der Waals surface area contributed by atoms with Crippen LogP contribution in [-0.2, 0) is 19.7 Å². The third kappa shape index (κ3) is 6.36. The van der Waals surface area contributed by atoms with Crippen LogP contribution in [-0.4, -0.2) is 40.4 Å². The van der Waals surface area contributed by atoms with Crippen LogP contribution in [0.5, 0.6) is 0 Å². The van der Waals surface area contributed by atoms with E-state index in [0.717, 1.165) is 0 Å². The van der Waals surface area contributed by atoms with Crippen LogP contribution in [0.15, 0.2) is 0 Å². The highest BCUT2D eigenvalue weighted by Crippen LogP contribution is 2.11. The molecule has 1 unspecified atom stereocenters. The summed E-state index contributed by atoms with van der Waals surface area (Å²) in [6.07, 6.45) is 0.750. The number of aliphatic carboxylic acids is 2. The summed E-state index contributed by atoms with van der Waals surface area (Å²) in [5, 5.41) is 15.0. The second kappa shape index (κ2) is 6.44. The van der Waals surface area contributed by atoms with Crippen LogP contribution < -0.4 is 0 Å². The minimum atomic E-state index is -4.58. The molecule has 3 N–H and O–H groups in total. The highest BCUT2D eigenvalue weighted by molar-refractivity contribution is 7.87. The van der Waals surface area contributed by atoms with E-state index in [1.807, 2.05) is 0 Å². The van der Waals surface area contributed by atoms with E-state index in [4.69, 9.17) is 14.8 Å². The van der Waals surface area contributed by atoms with Gasteiger partial charge in [0.2, 0.25) is 0 Å². The first-order chi connectivity index (χ1) is 7.25. The summed E-state index contributed by atoms with van der Waals surface area (Å²) < 4.78 is 29.8. The van der Waals surface area contributed by atoms with Crippen molar-refractivity contribution >= 4 is 22.1 Å². The molecule has 94 valence electrons. The molecule has 16 heavy (non-hydrogen) atoms. The standard InChI is InChI=1S/C8H14O7S/c9-7(10)5-3-1-2-4-6(8(11)12)16(13,14)15/h6H,1-5H2,(H,9,10)(H,11,12)(H,13,14,15). The number of carbonyl (C=O) groups is 2. The van der Waals surface area contributed by atoms with Crippen LogP contribution in [0.4, 0.5) is 0 Å². The van der Waals surface area contributed by atoms with E-state index in [2.05, 4.69) is 0 Å². The fourth-order valence-electron chi connectivity index (χ4n) is 1.18. The number of hydrogen-bond donors (Lipinski definition) is 3. The topological polar surface area (TPSA) is 129 Å². The monoisotopic (exact) mass is 254 g/mol. The van der Waals surface area contributed by atoms with E-state index in [1.165, 1.54) is 0 Å². The van der Waals surface area contributed by atoms with Gasteiger partial charge < -0.3 is 10.2 Å². The maximum Gasteiger partial charge on any atom is 0.324 e. The molecule has 7 nitrogen and oxygen atoms in total. The van der Waals surface area contributed by atoms with Crippen LogP contribution in [0.2, 0.25) is 0 Å². The van der Waals surface area contributed by atoms with Gasteiger partial charge in [0.05, 0.1) is 0 Å². The van der Waals surface area contributed by atoms with Crippen LogP contribution in [0.1, 0.15) is 32.1 Å². The van der Waals surface area contributed by atoms with Crippen molar-refractivity contribution < 1.29 is 32.8 Å². The quantitative estimate of drug-likeness (QED) is 0.421. The molecule has 1 atom stereocenters. The molecule has 0 radical (unpaired) electrons. The predicted octanol–water partition coefficient (Wildman–Crippen LogP) is 0.363. The van der Waals surface area contributed by atoms with Crippen LogP contribution in [0, 0.1) is 0 Å². The molecular formula is C8H14O7S. The van der Waals surface area contributed by atoms with Crippen molar-refractivity contribution in [1.29, 1.82) is 0 Å². The smallest absolute Gasteiger partial charge is 0.324 e. The second-order valence-electron chi connectivity index (χ2n) is 3.33. The Hall–Kier alpha value is -1.15. The zero-order valence-corrected chi connectivity index (χ0v) is 9.31. The van der Waals surface area contributed by atoms with E-state index < -0.39 is 27.3 Å². The lowest BCUT2D eigenvalue weighted by molar-refractivity contribution is -0.138. The van der Waals surface area contributed by atoms with E-state index >= 15 is 0 Å². The average molecular weight is 254 g/mol. The first-order valence-corrected chi connectivity index (χ1v) is 6.16. The molecule has 0 fully saturated rings. The maximum atomic E-state index is 10.6. The van der Waals surface area contributed by atoms with E-state index in [1.54, 1.807) is 0 Å². The Morgan fingerprint density at radius 2 is 1.62 bits per heavy atom. The molecule has 0 spiro atoms. The molecule has 0 aromatic carbocycles. The number of carboxylic acids is 2. The zero-order chi connectivity index (χ0) is 12.8. The lowest BCUT2D eigenvalue weighted by Gasteiger charge is -2.07. The van der Waals surface area contributed by atoms with Gasteiger partial charge in [-0.3, -0.25) is 14.1 Å². The normalized spacial score (nSPS) is 13.3. The van der Waals surface area contributed by atoms with Gasteiger partial charge in [-0.05, 0) is 12.8 Å². The van der Waals surface area contributed by atoms with Crippen molar-refractivity contribution in [1.82, 2.24) is 0 Å². The minimum absolute atomic E-state index is 0.0381. The summed E-state index contributed by atoms with van der Waals surface area (Å²) in [4.78, 5) is 20.6. The van der Waals surface area contributed by atoms with E-state index in [9.17, 15) is 18.0 Å². The Labute approximate surface area is 92.8 Å². The third-order valence-electron chi connectivity index (χ3n) is 1.99. The van der Waals surface area contributed by atoms with Gasteiger partial charge in [0.15, 0.2) is 5.25 Å². The van der Waals surface area contributed by atoms with Crippen molar-refractivity contribution in [2.75, 3.05) is 0 Å². The van der Waals surface area contributed by atoms with Crippen molar-refractivity contribution in [2.24, 2.45) is 0 Å². The van der Waals surface area contributed by atoms with E-state index in [-0.39, 0.29) is 19.3 Å². The van der Waals surface area contributed by atoms with Crippen molar-refractivity contribution in [3.8, 4) is 0 Å².